The molecule has 0 aromatic heterocycles. The van der Waals surface area contributed by atoms with Crippen molar-refractivity contribution in [2.45, 2.75) is 25.5 Å². The van der Waals surface area contributed by atoms with Crippen molar-refractivity contribution in [3.63, 3.8) is 0 Å². The Morgan fingerprint density at radius 3 is 2.68 bits per heavy atom. The molecule has 0 amide bonds. The summed E-state index contributed by atoms with van der Waals surface area (Å²) in [4.78, 5) is 0. The third kappa shape index (κ3) is 4.19. The quantitative estimate of drug-likeness (QED) is 0.873. The molecule has 1 aromatic rings. The molecule has 106 valence electrons. The van der Waals surface area contributed by atoms with E-state index in [2.05, 4.69) is 26.0 Å². The molecule has 2 rings (SSSR count). The molecule has 1 aromatic carbocycles. The lowest BCUT2D eigenvalue weighted by atomic mass is 10.1. The molecule has 7 heteroatoms. The van der Waals surface area contributed by atoms with E-state index in [0.29, 0.717) is 28.4 Å². The maximum absolute atomic E-state index is 12.4. The van der Waals surface area contributed by atoms with Crippen LogP contribution < -0.4 is 10.1 Å². The molecular formula is C12H13BrClF2NO2. The maximum atomic E-state index is 12.4. The number of hydrogen-bond donors (Lipinski definition) is 1. The second kappa shape index (κ2) is 6.72. The Labute approximate surface area is 123 Å². The third-order valence-corrected chi connectivity index (χ3v) is 3.60. The summed E-state index contributed by atoms with van der Waals surface area (Å²) in [6, 6.07) is 3.27. The van der Waals surface area contributed by atoms with Crippen molar-refractivity contribution in [3.8, 4) is 5.75 Å². The normalized spacial score (nSPS) is 16.7. The van der Waals surface area contributed by atoms with E-state index >= 15 is 0 Å². The minimum Gasteiger partial charge on any atom is -0.431 e. The molecule has 0 aliphatic carbocycles. The summed E-state index contributed by atoms with van der Waals surface area (Å²) in [5, 5.41) is 3.63. The van der Waals surface area contributed by atoms with Gasteiger partial charge in [0, 0.05) is 24.3 Å². The molecule has 0 spiro atoms. The third-order valence-electron chi connectivity index (χ3n) is 2.80. The Morgan fingerprint density at radius 1 is 1.37 bits per heavy atom. The molecule has 3 nitrogen and oxygen atoms in total. The highest BCUT2D eigenvalue weighted by Gasteiger charge is 2.19. The van der Waals surface area contributed by atoms with Gasteiger partial charge in [0.2, 0.25) is 0 Å². The first kappa shape index (κ1) is 14.8. The number of hydrogen-bond acceptors (Lipinski definition) is 3. The molecule has 0 unspecified atom stereocenters. The number of halogens is 4. The molecule has 1 aliphatic heterocycles. The highest BCUT2D eigenvalue weighted by molar-refractivity contribution is 9.10. The molecule has 19 heavy (non-hydrogen) atoms. The largest absolute Gasteiger partial charge is 0.431 e. The molecule has 1 aliphatic rings. The van der Waals surface area contributed by atoms with Crippen LogP contribution >= 0.6 is 27.5 Å². The van der Waals surface area contributed by atoms with Crippen LogP contribution in [0, 0.1) is 0 Å². The van der Waals surface area contributed by atoms with Crippen LogP contribution in [0.15, 0.2) is 16.6 Å². The van der Waals surface area contributed by atoms with Crippen LogP contribution in [0.5, 0.6) is 5.75 Å². The van der Waals surface area contributed by atoms with Gasteiger partial charge in [-0.05, 0) is 40.9 Å². The summed E-state index contributed by atoms with van der Waals surface area (Å²) in [6.45, 7) is -1.57. The van der Waals surface area contributed by atoms with Crippen molar-refractivity contribution in [2.24, 2.45) is 0 Å². The van der Waals surface area contributed by atoms with E-state index in [9.17, 15) is 8.78 Å². The van der Waals surface area contributed by atoms with Gasteiger partial charge in [-0.25, -0.2) is 0 Å². The standard InChI is InChI=1S/C12H13BrClF2NO2/c13-9-5-7(14)6-10(11(9)19-12(15)16)17-8-1-3-18-4-2-8/h5-6,8,12,17H,1-4H2. The number of rotatable bonds is 4. The molecule has 1 saturated heterocycles. The summed E-state index contributed by atoms with van der Waals surface area (Å²) in [6.07, 6.45) is 1.64. The first-order chi connectivity index (χ1) is 9.06. The van der Waals surface area contributed by atoms with Crippen molar-refractivity contribution < 1.29 is 18.3 Å². The van der Waals surface area contributed by atoms with E-state index in [1.165, 1.54) is 6.07 Å². The topological polar surface area (TPSA) is 30.5 Å². The van der Waals surface area contributed by atoms with Gasteiger partial charge in [0.1, 0.15) is 0 Å². The van der Waals surface area contributed by atoms with E-state index < -0.39 is 6.61 Å². The Bertz CT molecular complexity index is 442. The lowest BCUT2D eigenvalue weighted by Crippen LogP contribution is -2.28. The van der Waals surface area contributed by atoms with Crippen molar-refractivity contribution >= 4 is 33.2 Å². The van der Waals surface area contributed by atoms with Crippen LogP contribution in [0.2, 0.25) is 5.02 Å². The van der Waals surface area contributed by atoms with Crippen molar-refractivity contribution in [2.75, 3.05) is 18.5 Å². The van der Waals surface area contributed by atoms with E-state index in [-0.39, 0.29) is 11.8 Å². The van der Waals surface area contributed by atoms with Crippen LogP contribution in [-0.4, -0.2) is 25.9 Å². The Balaban J connectivity index is 2.20. The first-order valence-corrected chi connectivity index (χ1v) is 7.01. The highest BCUT2D eigenvalue weighted by Crippen LogP contribution is 2.38. The van der Waals surface area contributed by atoms with Crippen LogP contribution in [0.4, 0.5) is 14.5 Å². The average molecular weight is 357 g/mol. The lowest BCUT2D eigenvalue weighted by Gasteiger charge is -2.25. The first-order valence-electron chi connectivity index (χ1n) is 5.84. The minimum absolute atomic E-state index is 0.0749. The predicted molar refractivity (Wildman–Crippen MR) is 73.2 cm³/mol. The molecule has 1 N–H and O–H groups in total. The summed E-state index contributed by atoms with van der Waals surface area (Å²) in [5.74, 6) is 0.0749. The van der Waals surface area contributed by atoms with Gasteiger partial charge in [0.15, 0.2) is 5.75 Å². The molecule has 0 atom stereocenters. The SMILES string of the molecule is FC(F)Oc1c(Br)cc(Cl)cc1NC1CCOCC1. The summed E-state index contributed by atoms with van der Waals surface area (Å²) in [7, 11) is 0. The lowest BCUT2D eigenvalue weighted by molar-refractivity contribution is -0.0499. The Hall–Kier alpha value is -0.590. The number of nitrogens with one attached hydrogen (secondary N) is 1. The fourth-order valence-corrected chi connectivity index (χ4v) is 2.84. The number of anilines is 1. The fraction of sp³-hybridized carbons (Fsp3) is 0.500. The van der Waals surface area contributed by atoms with E-state index in [4.69, 9.17) is 16.3 Å². The number of ether oxygens (including phenoxy) is 2. The van der Waals surface area contributed by atoms with Crippen molar-refractivity contribution in [1.29, 1.82) is 0 Å². The highest BCUT2D eigenvalue weighted by atomic mass is 79.9. The number of alkyl halides is 2. The maximum Gasteiger partial charge on any atom is 0.387 e. The zero-order chi connectivity index (χ0) is 13.8. The molecule has 1 fully saturated rings. The molecule has 0 radical (unpaired) electrons. The van der Waals surface area contributed by atoms with E-state index in [0.717, 1.165) is 12.8 Å². The van der Waals surface area contributed by atoms with Crippen LogP contribution in [0.1, 0.15) is 12.8 Å². The second-order valence-corrected chi connectivity index (χ2v) is 5.46. The summed E-state index contributed by atoms with van der Waals surface area (Å²) in [5.41, 5.74) is 0.464. The van der Waals surface area contributed by atoms with E-state index in [1.54, 1.807) is 6.07 Å². The van der Waals surface area contributed by atoms with Crippen LogP contribution in [-0.2, 0) is 4.74 Å². The zero-order valence-corrected chi connectivity index (χ0v) is 12.3. The van der Waals surface area contributed by atoms with Crippen LogP contribution in [0.3, 0.4) is 0 Å². The predicted octanol–water partition coefficient (Wildman–Crippen LogP) is 4.29. The second-order valence-electron chi connectivity index (χ2n) is 4.17. The zero-order valence-electron chi connectivity index (χ0n) is 9.97. The number of benzene rings is 1. The van der Waals surface area contributed by atoms with Gasteiger partial charge >= 0.3 is 6.61 Å². The summed E-state index contributed by atoms with van der Waals surface area (Å²) >= 11 is 9.12. The molecular weight excluding hydrogens is 343 g/mol. The van der Waals surface area contributed by atoms with E-state index in [1.807, 2.05) is 0 Å². The van der Waals surface area contributed by atoms with Gasteiger partial charge in [0.05, 0.1) is 10.2 Å². The van der Waals surface area contributed by atoms with Gasteiger partial charge in [0.25, 0.3) is 0 Å². The average Bonchev–Trinajstić information content (AvgIpc) is 2.34. The molecule has 0 bridgehead atoms. The fourth-order valence-electron chi connectivity index (χ4n) is 1.94. The molecule has 0 saturated carbocycles. The monoisotopic (exact) mass is 355 g/mol. The molecule has 1 heterocycles. The smallest absolute Gasteiger partial charge is 0.387 e. The van der Waals surface area contributed by atoms with Gasteiger partial charge in [-0.1, -0.05) is 11.6 Å². The van der Waals surface area contributed by atoms with Gasteiger partial charge in [-0.3, -0.25) is 0 Å². The summed E-state index contributed by atoms with van der Waals surface area (Å²) < 4.78 is 35.1. The van der Waals surface area contributed by atoms with Gasteiger partial charge in [-0.15, -0.1) is 0 Å². The Kier molecular flexibility index (Phi) is 5.24. The van der Waals surface area contributed by atoms with Crippen molar-refractivity contribution in [1.82, 2.24) is 0 Å². The Morgan fingerprint density at radius 2 is 2.05 bits per heavy atom. The van der Waals surface area contributed by atoms with Crippen molar-refractivity contribution in [3.05, 3.63) is 21.6 Å². The van der Waals surface area contributed by atoms with Gasteiger partial charge in [-0.2, -0.15) is 8.78 Å². The van der Waals surface area contributed by atoms with Gasteiger partial charge < -0.3 is 14.8 Å². The van der Waals surface area contributed by atoms with Crippen LogP contribution in [0.25, 0.3) is 0 Å². The minimum atomic E-state index is -2.88.